The van der Waals surface area contributed by atoms with E-state index in [0.717, 1.165) is 31.6 Å². The fourth-order valence-electron chi connectivity index (χ4n) is 2.84. The second-order valence-corrected chi connectivity index (χ2v) is 6.26. The molecule has 2 rings (SSSR count). The predicted octanol–water partition coefficient (Wildman–Crippen LogP) is 2.55. The van der Waals surface area contributed by atoms with Gasteiger partial charge in [0.05, 0.1) is 9.95 Å². The van der Waals surface area contributed by atoms with Crippen molar-refractivity contribution in [2.75, 3.05) is 26.7 Å². The Labute approximate surface area is 134 Å². The standard InChI is InChI=1S/C15H20ClN3O3/c1-11(20)18-6-5-12(9-18)8-17(2)10-13-3-4-14(19(21)22)7-15(13)16/h3-4,7,12H,5-6,8-10H2,1-2H3/t12-/m1/s1. The lowest BCUT2D eigenvalue weighted by molar-refractivity contribution is -0.384. The molecule has 1 aliphatic rings. The van der Waals surface area contributed by atoms with Gasteiger partial charge in [0.25, 0.3) is 5.69 Å². The largest absolute Gasteiger partial charge is 0.343 e. The molecule has 120 valence electrons. The van der Waals surface area contributed by atoms with E-state index in [-0.39, 0.29) is 11.6 Å². The summed E-state index contributed by atoms with van der Waals surface area (Å²) in [6.07, 6.45) is 1.01. The number of benzene rings is 1. The number of rotatable bonds is 5. The van der Waals surface area contributed by atoms with E-state index < -0.39 is 4.92 Å². The van der Waals surface area contributed by atoms with Crippen LogP contribution in [0, 0.1) is 16.0 Å². The minimum absolute atomic E-state index is 0.00398. The number of carbonyl (C=O) groups is 1. The zero-order valence-electron chi connectivity index (χ0n) is 12.8. The van der Waals surface area contributed by atoms with Crippen LogP contribution >= 0.6 is 11.6 Å². The SMILES string of the molecule is CC(=O)N1CC[C@H](CN(C)Cc2ccc([N+](=O)[O-])cc2Cl)C1. The lowest BCUT2D eigenvalue weighted by atomic mass is 10.1. The normalized spacial score (nSPS) is 18.0. The van der Waals surface area contributed by atoms with E-state index in [9.17, 15) is 14.9 Å². The van der Waals surface area contributed by atoms with Gasteiger partial charge in [-0.25, -0.2) is 0 Å². The average molecular weight is 326 g/mol. The summed E-state index contributed by atoms with van der Waals surface area (Å²) < 4.78 is 0. The van der Waals surface area contributed by atoms with Crippen LogP contribution in [0.5, 0.6) is 0 Å². The highest BCUT2D eigenvalue weighted by molar-refractivity contribution is 6.31. The third kappa shape index (κ3) is 4.18. The Morgan fingerprint density at radius 3 is 2.82 bits per heavy atom. The van der Waals surface area contributed by atoms with E-state index in [0.29, 0.717) is 17.5 Å². The first-order chi connectivity index (χ1) is 10.4. The molecule has 0 unspecified atom stereocenters. The molecule has 1 aromatic carbocycles. The van der Waals surface area contributed by atoms with Crippen molar-refractivity contribution < 1.29 is 9.72 Å². The van der Waals surface area contributed by atoms with Crippen LogP contribution in [-0.2, 0) is 11.3 Å². The summed E-state index contributed by atoms with van der Waals surface area (Å²) in [6.45, 7) is 4.73. The van der Waals surface area contributed by atoms with Crippen LogP contribution in [0.15, 0.2) is 18.2 Å². The number of non-ortho nitro benzene ring substituents is 1. The van der Waals surface area contributed by atoms with Crippen molar-refractivity contribution in [3.8, 4) is 0 Å². The van der Waals surface area contributed by atoms with Gasteiger partial charge in [-0.2, -0.15) is 0 Å². The Bertz CT molecular complexity index is 579. The molecular formula is C15H20ClN3O3. The number of nitrogens with zero attached hydrogens (tertiary/aromatic N) is 3. The van der Waals surface area contributed by atoms with Crippen molar-refractivity contribution in [1.82, 2.24) is 9.80 Å². The number of hydrogen-bond acceptors (Lipinski definition) is 4. The van der Waals surface area contributed by atoms with Gasteiger partial charge in [-0.3, -0.25) is 14.9 Å². The summed E-state index contributed by atoms with van der Waals surface area (Å²) in [5.74, 6) is 0.592. The summed E-state index contributed by atoms with van der Waals surface area (Å²) in [7, 11) is 1.99. The molecule has 1 atom stereocenters. The molecule has 0 aliphatic carbocycles. The monoisotopic (exact) mass is 325 g/mol. The maximum absolute atomic E-state index is 11.3. The van der Waals surface area contributed by atoms with Crippen LogP contribution in [0.2, 0.25) is 5.02 Å². The second kappa shape index (κ2) is 7.07. The number of halogens is 1. The Hall–Kier alpha value is -1.66. The first-order valence-corrected chi connectivity index (χ1v) is 7.61. The van der Waals surface area contributed by atoms with Gasteiger partial charge in [-0.05, 0) is 31.0 Å². The van der Waals surface area contributed by atoms with Crippen molar-refractivity contribution in [1.29, 1.82) is 0 Å². The fraction of sp³-hybridized carbons (Fsp3) is 0.533. The minimum atomic E-state index is -0.450. The third-order valence-corrected chi connectivity index (χ3v) is 4.34. The molecule has 1 fully saturated rings. The summed E-state index contributed by atoms with van der Waals surface area (Å²) in [6, 6.07) is 4.56. The highest BCUT2D eigenvalue weighted by atomic mass is 35.5. The number of nitro groups is 1. The molecule has 6 nitrogen and oxygen atoms in total. The van der Waals surface area contributed by atoms with Gasteiger partial charge < -0.3 is 9.80 Å². The molecule has 1 heterocycles. The highest BCUT2D eigenvalue weighted by Gasteiger charge is 2.25. The van der Waals surface area contributed by atoms with Crippen LogP contribution in [0.3, 0.4) is 0 Å². The van der Waals surface area contributed by atoms with Crippen LogP contribution in [-0.4, -0.2) is 47.3 Å². The Balaban J connectivity index is 1.91. The van der Waals surface area contributed by atoms with Gasteiger partial charge in [0, 0.05) is 45.2 Å². The van der Waals surface area contributed by atoms with Gasteiger partial charge >= 0.3 is 0 Å². The molecule has 1 aliphatic heterocycles. The molecule has 22 heavy (non-hydrogen) atoms. The van der Waals surface area contributed by atoms with Crippen molar-refractivity contribution in [3.63, 3.8) is 0 Å². The summed E-state index contributed by atoms with van der Waals surface area (Å²) >= 11 is 6.11. The minimum Gasteiger partial charge on any atom is -0.343 e. The van der Waals surface area contributed by atoms with Crippen molar-refractivity contribution in [2.45, 2.75) is 19.9 Å². The van der Waals surface area contributed by atoms with E-state index in [4.69, 9.17) is 11.6 Å². The second-order valence-electron chi connectivity index (χ2n) is 5.85. The number of nitro benzene ring substituents is 1. The first kappa shape index (κ1) is 16.7. The lowest BCUT2D eigenvalue weighted by Crippen LogP contribution is -2.30. The quantitative estimate of drug-likeness (QED) is 0.616. The van der Waals surface area contributed by atoms with E-state index in [1.54, 1.807) is 13.0 Å². The molecule has 0 spiro atoms. The number of hydrogen-bond donors (Lipinski definition) is 0. The first-order valence-electron chi connectivity index (χ1n) is 7.23. The molecule has 0 N–H and O–H groups in total. The van der Waals surface area contributed by atoms with Crippen LogP contribution in [0.4, 0.5) is 5.69 Å². The van der Waals surface area contributed by atoms with E-state index in [2.05, 4.69) is 4.90 Å². The van der Waals surface area contributed by atoms with Crippen LogP contribution in [0.25, 0.3) is 0 Å². The Kier molecular flexibility index (Phi) is 5.37. The van der Waals surface area contributed by atoms with Crippen molar-refractivity contribution >= 4 is 23.2 Å². The van der Waals surface area contributed by atoms with Gasteiger partial charge in [0.2, 0.25) is 5.91 Å². The number of amides is 1. The fourth-order valence-corrected chi connectivity index (χ4v) is 3.08. The van der Waals surface area contributed by atoms with Crippen LogP contribution in [0.1, 0.15) is 18.9 Å². The molecule has 0 radical (unpaired) electrons. The van der Waals surface area contributed by atoms with E-state index in [1.165, 1.54) is 12.1 Å². The van der Waals surface area contributed by atoms with Crippen molar-refractivity contribution in [3.05, 3.63) is 38.9 Å². The van der Waals surface area contributed by atoms with Crippen LogP contribution < -0.4 is 0 Å². The molecule has 0 aromatic heterocycles. The third-order valence-electron chi connectivity index (χ3n) is 3.99. The molecule has 7 heteroatoms. The molecule has 0 bridgehead atoms. The molecule has 1 saturated heterocycles. The Morgan fingerprint density at radius 1 is 1.55 bits per heavy atom. The molecule has 0 saturated carbocycles. The van der Waals surface area contributed by atoms with Gasteiger partial charge in [-0.1, -0.05) is 11.6 Å². The van der Waals surface area contributed by atoms with Crippen molar-refractivity contribution in [2.24, 2.45) is 5.92 Å². The average Bonchev–Trinajstić information content (AvgIpc) is 2.89. The molecule has 1 aromatic rings. The van der Waals surface area contributed by atoms with Gasteiger partial charge in [0.1, 0.15) is 0 Å². The number of likely N-dealkylation sites (tertiary alicyclic amines) is 1. The van der Waals surface area contributed by atoms with E-state index >= 15 is 0 Å². The Morgan fingerprint density at radius 2 is 2.27 bits per heavy atom. The zero-order valence-corrected chi connectivity index (χ0v) is 13.5. The molecule has 1 amide bonds. The maximum atomic E-state index is 11.3. The summed E-state index contributed by atoms with van der Waals surface area (Å²) in [5.41, 5.74) is 0.875. The smallest absolute Gasteiger partial charge is 0.270 e. The van der Waals surface area contributed by atoms with E-state index in [1.807, 2.05) is 11.9 Å². The predicted molar refractivity (Wildman–Crippen MR) is 84.8 cm³/mol. The van der Waals surface area contributed by atoms with Gasteiger partial charge in [0.15, 0.2) is 0 Å². The maximum Gasteiger partial charge on any atom is 0.270 e. The highest BCUT2D eigenvalue weighted by Crippen LogP contribution is 2.24. The summed E-state index contributed by atoms with van der Waals surface area (Å²) in [5, 5.41) is 11.1. The topological polar surface area (TPSA) is 66.7 Å². The number of carbonyl (C=O) groups excluding carboxylic acids is 1. The van der Waals surface area contributed by atoms with Gasteiger partial charge in [-0.15, -0.1) is 0 Å². The summed E-state index contributed by atoms with van der Waals surface area (Å²) in [4.78, 5) is 25.6. The lowest BCUT2D eigenvalue weighted by Gasteiger charge is -2.21. The molecular weight excluding hydrogens is 306 g/mol. The zero-order chi connectivity index (χ0) is 16.3.